The van der Waals surface area contributed by atoms with Crippen LogP contribution in [0.25, 0.3) is 0 Å². The average molecular weight is 306 g/mol. The third kappa shape index (κ3) is 3.13. The van der Waals surface area contributed by atoms with Gasteiger partial charge in [0.1, 0.15) is 0 Å². The third-order valence-electron chi connectivity index (χ3n) is 5.32. The van der Waals surface area contributed by atoms with Gasteiger partial charge < -0.3 is 9.80 Å². The number of aryl methyl sites for hydroxylation is 2. The molecule has 4 rings (SSSR count). The summed E-state index contributed by atoms with van der Waals surface area (Å²) in [6, 6.07) is 17.9. The summed E-state index contributed by atoms with van der Waals surface area (Å²) < 4.78 is 0. The van der Waals surface area contributed by atoms with Crippen LogP contribution >= 0.6 is 0 Å². The van der Waals surface area contributed by atoms with Gasteiger partial charge in [-0.15, -0.1) is 0 Å². The van der Waals surface area contributed by atoms with Crippen LogP contribution in [0.4, 0.5) is 11.4 Å². The monoisotopic (exact) mass is 306 g/mol. The van der Waals surface area contributed by atoms with Crippen molar-refractivity contribution >= 4 is 11.4 Å². The number of anilines is 2. The summed E-state index contributed by atoms with van der Waals surface area (Å²) >= 11 is 0. The lowest BCUT2D eigenvalue weighted by molar-refractivity contribution is 0.234. The van der Waals surface area contributed by atoms with Crippen molar-refractivity contribution in [3.63, 3.8) is 0 Å². The summed E-state index contributed by atoms with van der Waals surface area (Å²) in [5.41, 5.74) is 5.80. The number of nitrogens with zero attached hydrogens (tertiary/aromatic N) is 2. The molecule has 2 aliphatic rings. The van der Waals surface area contributed by atoms with E-state index in [1.54, 1.807) is 0 Å². The predicted molar refractivity (Wildman–Crippen MR) is 97.6 cm³/mol. The molecule has 0 spiro atoms. The Morgan fingerprint density at radius 1 is 0.652 bits per heavy atom. The van der Waals surface area contributed by atoms with Crippen molar-refractivity contribution < 1.29 is 0 Å². The maximum atomic E-state index is 2.64. The Morgan fingerprint density at radius 2 is 1.22 bits per heavy atom. The van der Waals surface area contributed by atoms with E-state index in [0.29, 0.717) is 0 Å². The number of piperidine rings is 1. The summed E-state index contributed by atoms with van der Waals surface area (Å²) in [5.74, 6) is 0. The quantitative estimate of drug-likeness (QED) is 0.829. The van der Waals surface area contributed by atoms with Gasteiger partial charge in [0.25, 0.3) is 0 Å². The van der Waals surface area contributed by atoms with Crippen LogP contribution in [0.5, 0.6) is 0 Å². The second kappa shape index (κ2) is 6.76. The lowest BCUT2D eigenvalue weighted by Crippen LogP contribution is -2.36. The maximum absolute atomic E-state index is 2.64. The fourth-order valence-corrected chi connectivity index (χ4v) is 4.04. The number of hydrogen-bond donors (Lipinski definition) is 0. The zero-order valence-corrected chi connectivity index (χ0v) is 13.9. The fourth-order valence-electron chi connectivity index (χ4n) is 4.04. The first kappa shape index (κ1) is 14.8. The standard InChI is InChI=1S/C21H26N2/c1-6-14-22(15-7-1)16-17-23-20-10-4-2-8-18(20)12-13-19-9-3-5-11-21(19)23/h2-5,8-11H,1,6-7,12-17H2. The van der Waals surface area contributed by atoms with E-state index in [1.807, 2.05) is 0 Å². The van der Waals surface area contributed by atoms with Gasteiger partial charge in [0.05, 0.1) is 0 Å². The molecular formula is C21H26N2. The van der Waals surface area contributed by atoms with Crippen LogP contribution in [0.15, 0.2) is 48.5 Å². The molecule has 2 aromatic carbocycles. The molecule has 2 heterocycles. The van der Waals surface area contributed by atoms with Gasteiger partial charge in [-0.3, -0.25) is 0 Å². The van der Waals surface area contributed by atoms with Gasteiger partial charge >= 0.3 is 0 Å². The molecule has 0 radical (unpaired) electrons. The number of benzene rings is 2. The molecule has 2 nitrogen and oxygen atoms in total. The Labute approximate surface area is 139 Å². The van der Waals surface area contributed by atoms with E-state index in [9.17, 15) is 0 Å². The van der Waals surface area contributed by atoms with E-state index in [4.69, 9.17) is 0 Å². The highest BCUT2D eigenvalue weighted by Gasteiger charge is 2.21. The first-order valence-corrected chi connectivity index (χ1v) is 9.07. The zero-order chi connectivity index (χ0) is 15.5. The van der Waals surface area contributed by atoms with Gasteiger partial charge in [0.15, 0.2) is 0 Å². The van der Waals surface area contributed by atoms with Crippen molar-refractivity contribution in [2.75, 3.05) is 31.1 Å². The molecule has 0 bridgehead atoms. The molecule has 0 amide bonds. The van der Waals surface area contributed by atoms with E-state index in [-0.39, 0.29) is 0 Å². The van der Waals surface area contributed by atoms with Gasteiger partial charge in [-0.1, -0.05) is 42.8 Å². The van der Waals surface area contributed by atoms with E-state index in [0.717, 1.165) is 19.4 Å². The minimum Gasteiger partial charge on any atom is -0.340 e. The molecule has 0 aliphatic carbocycles. The summed E-state index contributed by atoms with van der Waals surface area (Å²) in [4.78, 5) is 5.20. The molecule has 0 N–H and O–H groups in total. The first-order valence-electron chi connectivity index (χ1n) is 9.07. The molecule has 1 fully saturated rings. The van der Waals surface area contributed by atoms with E-state index in [1.165, 1.54) is 61.4 Å². The number of hydrogen-bond acceptors (Lipinski definition) is 2. The number of rotatable bonds is 3. The highest BCUT2D eigenvalue weighted by atomic mass is 15.2. The van der Waals surface area contributed by atoms with Crippen molar-refractivity contribution in [2.24, 2.45) is 0 Å². The minimum atomic E-state index is 1.09. The van der Waals surface area contributed by atoms with Gasteiger partial charge in [0.2, 0.25) is 0 Å². The summed E-state index contributed by atoms with van der Waals surface area (Å²) in [7, 11) is 0. The first-order chi connectivity index (χ1) is 11.4. The Bertz CT molecular complexity index is 611. The normalized spacial score (nSPS) is 18.2. The van der Waals surface area contributed by atoms with Crippen LogP contribution in [0.2, 0.25) is 0 Å². The molecule has 2 aromatic rings. The molecule has 1 saturated heterocycles. The SMILES string of the molecule is c1ccc2c(c1)CCc1ccccc1N2CCN1CCCCC1. The highest BCUT2D eigenvalue weighted by molar-refractivity contribution is 5.71. The molecular weight excluding hydrogens is 280 g/mol. The topological polar surface area (TPSA) is 6.48 Å². The number of likely N-dealkylation sites (tertiary alicyclic amines) is 1. The van der Waals surface area contributed by atoms with Crippen molar-refractivity contribution in [2.45, 2.75) is 32.1 Å². The molecule has 120 valence electrons. The second-order valence-corrected chi connectivity index (χ2v) is 6.81. The van der Waals surface area contributed by atoms with E-state index >= 15 is 0 Å². The lowest BCUT2D eigenvalue weighted by Gasteiger charge is -2.32. The van der Waals surface area contributed by atoms with Crippen LogP contribution in [-0.2, 0) is 12.8 Å². The van der Waals surface area contributed by atoms with Crippen molar-refractivity contribution in [3.8, 4) is 0 Å². The maximum Gasteiger partial charge on any atom is 0.0443 e. The Kier molecular flexibility index (Phi) is 4.34. The largest absolute Gasteiger partial charge is 0.340 e. The zero-order valence-electron chi connectivity index (χ0n) is 13.9. The van der Waals surface area contributed by atoms with Crippen LogP contribution in [0, 0.1) is 0 Å². The molecule has 2 heteroatoms. The van der Waals surface area contributed by atoms with Crippen molar-refractivity contribution in [3.05, 3.63) is 59.7 Å². The van der Waals surface area contributed by atoms with Crippen LogP contribution in [0.3, 0.4) is 0 Å². The molecule has 0 unspecified atom stereocenters. The Balaban J connectivity index is 1.63. The summed E-state index contributed by atoms with van der Waals surface area (Å²) in [6.45, 7) is 4.81. The average Bonchev–Trinajstić information content (AvgIpc) is 2.78. The van der Waals surface area contributed by atoms with E-state index in [2.05, 4.69) is 58.3 Å². The highest BCUT2D eigenvalue weighted by Crippen LogP contribution is 2.35. The third-order valence-corrected chi connectivity index (χ3v) is 5.32. The van der Waals surface area contributed by atoms with Crippen LogP contribution in [-0.4, -0.2) is 31.1 Å². The van der Waals surface area contributed by atoms with Crippen molar-refractivity contribution in [1.29, 1.82) is 0 Å². The summed E-state index contributed by atoms with van der Waals surface area (Å²) in [6.07, 6.45) is 6.44. The van der Waals surface area contributed by atoms with Gasteiger partial charge in [-0.25, -0.2) is 0 Å². The smallest absolute Gasteiger partial charge is 0.0443 e. The molecule has 0 atom stereocenters. The van der Waals surface area contributed by atoms with Gasteiger partial charge in [-0.05, 0) is 62.0 Å². The molecule has 2 aliphatic heterocycles. The molecule has 23 heavy (non-hydrogen) atoms. The Morgan fingerprint density at radius 3 is 1.83 bits per heavy atom. The van der Waals surface area contributed by atoms with E-state index < -0.39 is 0 Å². The summed E-state index contributed by atoms with van der Waals surface area (Å²) in [5, 5.41) is 0. The van der Waals surface area contributed by atoms with Gasteiger partial charge in [-0.2, -0.15) is 0 Å². The van der Waals surface area contributed by atoms with Crippen molar-refractivity contribution in [1.82, 2.24) is 4.90 Å². The number of fused-ring (bicyclic) bond motifs is 2. The molecule has 0 saturated carbocycles. The predicted octanol–water partition coefficient (Wildman–Crippen LogP) is 4.41. The fraction of sp³-hybridized carbons (Fsp3) is 0.429. The molecule has 0 aromatic heterocycles. The van der Waals surface area contributed by atoms with Gasteiger partial charge in [0, 0.05) is 24.5 Å². The Hall–Kier alpha value is -1.80. The van der Waals surface area contributed by atoms with Crippen LogP contribution in [0.1, 0.15) is 30.4 Å². The minimum absolute atomic E-state index is 1.09. The second-order valence-electron chi connectivity index (χ2n) is 6.81. The van der Waals surface area contributed by atoms with Crippen LogP contribution < -0.4 is 4.90 Å². The number of para-hydroxylation sites is 2. The lowest BCUT2D eigenvalue weighted by atomic mass is 10.0.